The molecule has 152 valence electrons. The van der Waals surface area contributed by atoms with Gasteiger partial charge in [-0.1, -0.05) is 55.3 Å². The molecule has 0 saturated carbocycles. The third-order valence-corrected chi connectivity index (χ3v) is 6.58. The number of hydrogen-bond donors (Lipinski definition) is 1. The van der Waals surface area contributed by atoms with E-state index >= 15 is 0 Å². The summed E-state index contributed by atoms with van der Waals surface area (Å²) in [6.07, 6.45) is 2.00. The normalized spacial score (nSPS) is 16.8. The fourth-order valence-corrected chi connectivity index (χ4v) is 4.65. The number of rotatable bonds is 8. The highest BCUT2D eigenvalue weighted by atomic mass is 32.2. The van der Waals surface area contributed by atoms with Gasteiger partial charge in [0.25, 0.3) is 0 Å². The Labute approximate surface area is 168 Å². The van der Waals surface area contributed by atoms with Crippen molar-refractivity contribution in [3.8, 4) is 0 Å². The molecule has 5 nitrogen and oxygen atoms in total. The van der Waals surface area contributed by atoms with E-state index in [1.165, 1.54) is 0 Å². The van der Waals surface area contributed by atoms with E-state index in [-0.39, 0.29) is 6.04 Å². The average molecular weight is 403 g/mol. The first kappa shape index (κ1) is 21.0. The lowest BCUT2D eigenvalue weighted by molar-refractivity contribution is 0.0345. The minimum Gasteiger partial charge on any atom is -0.379 e. The number of nitrogens with zero attached hydrogens (tertiary/aromatic N) is 1. The number of morpholine rings is 1. The van der Waals surface area contributed by atoms with Crippen LogP contribution in [-0.2, 0) is 21.2 Å². The van der Waals surface area contributed by atoms with Gasteiger partial charge in [0.05, 0.1) is 24.2 Å². The SMILES string of the molecule is CCCc1ccc(S(=O)(=O)NC(CN2CCOCC2)c2ccc(C)cc2)cc1. The van der Waals surface area contributed by atoms with Crippen molar-refractivity contribution >= 4 is 10.0 Å². The third-order valence-electron chi connectivity index (χ3n) is 5.09. The van der Waals surface area contributed by atoms with E-state index in [2.05, 4.69) is 16.5 Å². The molecule has 1 heterocycles. The highest BCUT2D eigenvalue weighted by Gasteiger charge is 2.24. The summed E-state index contributed by atoms with van der Waals surface area (Å²) in [5.74, 6) is 0. The predicted octanol–water partition coefficient (Wildman–Crippen LogP) is 3.30. The Morgan fingerprint density at radius 1 is 1.04 bits per heavy atom. The minimum absolute atomic E-state index is 0.306. The number of sulfonamides is 1. The molecule has 0 amide bonds. The summed E-state index contributed by atoms with van der Waals surface area (Å²) in [4.78, 5) is 2.56. The first-order valence-electron chi connectivity index (χ1n) is 9.96. The quantitative estimate of drug-likeness (QED) is 0.736. The van der Waals surface area contributed by atoms with Gasteiger partial charge < -0.3 is 4.74 Å². The van der Waals surface area contributed by atoms with Crippen LogP contribution in [0.25, 0.3) is 0 Å². The molecule has 3 rings (SSSR count). The van der Waals surface area contributed by atoms with Crippen LogP contribution < -0.4 is 4.72 Å². The van der Waals surface area contributed by atoms with Crippen molar-refractivity contribution in [2.75, 3.05) is 32.8 Å². The molecular weight excluding hydrogens is 372 g/mol. The molecule has 1 saturated heterocycles. The van der Waals surface area contributed by atoms with Crippen molar-refractivity contribution in [2.45, 2.75) is 37.6 Å². The Hall–Kier alpha value is -1.73. The molecule has 0 aromatic heterocycles. The van der Waals surface area contributed by atoms with Gasteiger partial charge in [0.2, 0.25) is 10.0 Å². The largest absolute Gasteiger partial charge is 0.379 e. The van der Waals surface area contributed by atoms with Gasteiger partial charge in [-0.05, 0) is 36.6 Å². The Morgan fingerprint density at radius 2 is 1.68 bits per heavy atom. The fourth-order valence-electron chi connectivity index (χ4n) is 3.43. The Bertz CT molecular complexity index is 842. The summed E-state index contributed by atoms with van der Waals surface area (Å²) >= 11 is 0. The minimum atomic E-state index is -3.61. The summed E-state index contributed by atoms with van der Waals surface area (Å²) in [7, 11) is -3.61. The van der Waals surface area contributed by atoms with Gasteiger partial charge in [-0.2, -0.15) is 0 Å². The second-order valence-corrected chi connectivity index (χ2v) is 9.11. The zero-order valence-electron chi connectivity index (χ0n) is 16.7. The number of aryl methyl sites for hydroxylation is 2. The lowest BCUT2D eigenvalue weighted by Gasteiger charge is -2.31. The number of ether oxygens (including phenoxy) is 1. The van der Waals surface area contributed by atoms with Gasteiger partial charge >= 0.3 is 0 Å². The molecule has 2 aromatic rings. The maximum Gasteiger partial charge on any atom is 0.241 e. The van der Waals surface area contributed by atoms with Crippen LogP contribution in [0.1, 0.15) is 36.1 Å². The maximum atomic E-state index is 13.0. The van der Waals surface area contributed by atoms with Crippen molar-refractivity contribution in [3.05, 3.63) is 65.2 Å². The van der Waals surface area contributed by atoms with E-state index in [9.17, 15) is 8.42 Å². The van der Waals surface area contributed by atoms with E-state index < -0.39 is 10.0 Å². The second-order valence-electron chi connectivity index (χ2n) is 7.39. The molecular formula is C22H30N2O3S. The number of nitrogens with one attached hydrogen (secondary N) is 1. The molecule has 1 aliphatic heterocycles. The summed E-state index contributed by atoms with van der Waals surface area (Å²) in [6.45, 7) is 7.77. The van der Waals surface area contributed by atoms with Gasteiger partial charge in [0.15, 0.2) is 0 Å². The summed E-state index contributed by atoms with van der Waals surface area (Å²) in [5.41, 5.74) is 3.29. The van der Waals surface area contributed by atoms with Crippen LogP contribution in [0.4, 0.5) is 0 Å². The third kappa shape index (κ3) is 5.64. The van der Waals surface area contributed by atoms with E-state index in [4.69, 9.17) is 4.74 Å². The van der Waals surface area contributed by atoms with Crippen molar-refractivity contribution in [1.82, 2.24) is 9.62 Å². The van der Waals surface area contributed by atoms with Crippen molar-refractivity contribution in [1.29, 1.82) is 0 Å². The fraction of sp³-hybridized carbons (Fsp3) is 0.455. The van der Waals surface area contributed by atoms with Crippen LogP contribution in [0.2, 0.25) is 0 Å². The Balaban J connectivity index is 1.81. The van der Waals surface area contributed by atoms with E-state index in [0.29, 0.717) is 24.7 Å². The van der Waals surface area contributed by atoms with Crippen molar-refractivity contribution in [2.24, 2.45) is 0 Å². The Kier molecular flexibility index (Phi) is 7.24. The number of benzene rings is 2. The van der Waals surface area contributed by atoms with Crippen LogP contribution in [0, 0.1) is 6.92 Å². The molecule has 6 heteroatoms. The van der Waals surface area contributed by atoms with Crippen molar-refractivity contribution in [3.63, 3.8) is 0 Å². The van der Waals surface area contributed by atoms with E-state index in [0.717, 1.165) is 42.6 Å². The second kappa shape index (κ2) is 9.65. The lowest BCUT2D eigenvalue weighted by Crippen LogP contribution is -2.43. The highest BCUT2D eigenvalue weighted by Crippen LogP contribution is 2.20. The first-order valence-corrected chi connectivity index (χ1v) is 11.4. The van der Waals surface area contributed by atoms with Gasteiger partial charge in [-0.15, -0.1) is 0 Å². The summed E-state index contributed by atoms with van der Waals surface area (Å²) in [5, 5.41) is 0. The van der Waals surface area contributed by atoms with Gasteiger partial charge in [-0.3, -0.25) is 4.90 Å². The van der Waals surface area contributed by atoms with E-state index in [1.807, 2.05) is 43.3 Å². The van der Waals surface area contributed by atoms with Gasteiger partial charge in [0, 0.05) is 19.6 Å². The highest BCUT2D eigenvalue weighted by molar-refractivity contribution is 7.89. The summed E-state index contributed by atoms with van der Waals surface area (Å²) in [6, 6.07) is 15.0. The molecule has 1 N–H and O–H groups in total. The molecule has 1 fully saturated rings. The predicted molar refractivity (Wildman–Crippen MR) is 112 cm³/mol. The van der Waals surface area contributed by atoms with Gasteiger partial charge in [-0.25, -0.2) is 13.1 Å². The van der Waals surface area contributed by atoms with Crippen LogP contribution in [0.15, 0.2) is 53.4 Å². The van der Waals surface area contributed by atoms with Crippen LogP contribution in [0.5, 0.6) is 0 Å². The zero-order chi connectivity index (χ0) is 20.0. The first-order chi connectivity index (χ1) is 13.5. The lowest BCUT2D eigenvalue weighted by atomic mass is 10.1. The van der Waals surface area contributed by atoms with Crippen LogP contribution in [0.3, 0.4) is 0 Å². The topological polar surface area (TPSA) is 58.6 Å². The smallest absolute Gasteiger partial charge is 0.241 e. The molecule has 1 aliphatic rings. The maximum absolute atomic E-state index is 13.0. The summed E-state index contributed by atoms with van der Waals surface area (Å²) < 4.78 is 34.4. The molecule has 0 radical (unpaired) electrons. The zero-order valence-corrected chi connectivity index (χ0v) is 17.5. The molecule has 2 aromatic carbocycles. The standard InChI is InChI=1S/C22H30N2O3S/c1-3-4-19-7-11-21(12-8-19)28(25,26)23-22(17-24-13-15-27-16-14-24)20-9-5-18(2)6-10-20/h5-12,22-23H,3-4,13-17H2,1-2H3. The van der Waals surface area contributed by atoms with Crippen molar-refractivity contribution < 1.29 is 13.2 Å². The van der Waals surface area contributed by atoms with Crippen LogP contribution in [-0.4, -0.2) is 46.2 Å². The molecule has 28 heavy (non-hydrogen) atoms. The van der Waals surface area contributed by atoms with E-state index in [1.54, 1.807) is 12.1 Å². The monoisotopic (exact) mass is 402 g/mol. The number of hydrogen-bond acceptors (Lipinski definition) is 4. The molecule has 0 spiro atoms. The van der Waals surface area contributed by atoms with Gasteiger partial charge in [0.1, 0.15) is 0 Å². The average Bonchev–Trinajstić information content (AvgIpc) is 2.69. The molecule has 0 bridgehead atoms. The molecule has 0 aliphatic carbocycles. The molecule has 1 atom stereocenters. The van der Waals surface area contributed by atoms with Crippen LogP contribution >= 0.6 is 0 Å². The molecule has 1 unspecified atom stereocenters. The Morgan fingerprint density at radius 3 is 2.29 bits per heavy atom.